The number of hydrogen-bond donors (Lipinski definition) is 0. The van der Waals surface area contributed by atoms with Crippen molar-refractivity contribution in [1.29, 1.82) is 0 Å². The highest BCUT2D eigenvalue weighted by Crippen LogP contribution is 2.37. The zero-order valence-corrected chi connectivity index (χ0v) is 9.48. The molecule has 0 atom stereocenters. The Morgan fingerprint density at radius 1 is 1.21 bits per heavy atom. The summed E-state index contributed by atoms with van der Waals surface area (Å²) in [5, 5.41) is 0. The molecule has 0 bridgehead atoms. The average molecular weight is 190 g/mol. The van der Waals surface area contributed by atoms with Crippen molar-refractivity contribution >= 4 is 0 Å². The van der Waals surface area contributed by atoms with Crippen molar-refractivity contribution in [2.24, 2.45) is 0 Å². The first-order valence-corrected chi connectivity index (χ1v) is 5.37. The number of aryl methyl sites for hydroxylation is 2. The van der Waals surface area contributed by atoms with Crippen molar-refractivity contribution in [3.8, 4) is 5.75 Å². The van der Waals surface area contributed by atoms with E-state index in [-0.39, 0.29) is 0 Å². The van der Waals surface area contributed by atoms with Gasteiger partial charge in [0.2, 0.25) is 0 Å². The smallest absolute Gasteiger partial charge is 0.125 e. The molecular weight excluding hydrogens is 172 g/mol. The molecule has 0 unspecified atom stereocenters. The van der Waals surface area contributed by atoms with Crippen LogP contribution in [0, 0.1) is 13.8 Å². The molecule has 1 heterocycles. The molecule has 1 aromatic carbocycles. The number of rotatable bonds is 1. The summed E-state index contributed by atoms with van der Waals surface area (Å²) in [6, 6.07) is 2.25. The summed E-state index contributed by atoms with van der Waals surface area (Å²) in [7, 11) is 0. The molecular formula is C13H18O. The molecule has 0 aliphatic carbocycles. The first-order chi connectivity index (χ1) is 6.61. The quantitative estimate of drug-likeness (QED) is 0.659. The maximum Gasteiger partial charge on any atom is 0.125 e. The van der Waals surface area contributed by atoms with Gasteiger partial charge in [0.05, 0.1) is 6.61 Å². The first kappa shape index (κ1) is 9.57. The van der Waals surface area contributed by atoms with Crippen molar-refractivity contribution < 1.29 is 4.74 Å². The van der Waals surface area contributed by atoms with Crippen LogP contribution in [-0.2, 0) is 6.42 Å². The van der Waals surface area contributed by atoms with Crippen molar-refractivity contribution in [2.75, 3.05) is 6.61 Å². The summed E-state index contributed by atoms with van der Waals surface area (Å²) >= 11 is 0. The third-order valence-corrected chi connectivity index (χ3v) is 2.99. The molecule has 2 rings (SSSR count). The van der Waals surface area contributed by atoms with E-state index in [4.69, 9.17) is 4.74 Å². The molecule has 1 aliphatic rings. The molecule has 0 fully saturated rings. The van der Waals surface area contributed by atoms with Crippen LogP contribution in [0.4, 0.5) is 0 Å². The second-order valence-electron chi connectivity index (χ2n) is 4.48. The van der Waals surface area contributed by atoms with Crippen LogP contribution in [0.3, 0.4) is 0 Å². The Balaban J connectivity index is 2.66. The van der Waals surface area contributed by atoms with E-state index in [0.717, 1.165) is 18.8 Å². The van der Waals surface area contributed by atoms with Crippen LogP contribution in [0.5, 0.6) is 5.75 Å². The Morgan fingerprint density at radius 2 is 1.93 bits per heavy atom. The summed E-state index contributed by atoms with van der Waals surface area (Å²) < 4.78 is 5.68. The van der Waals surface area contributed by atoms with Gasteiger partial charge < -0.3 is 4.74 Å². The molecule has 1 heteroatoms. The van der Waals surface area contributed by atoms with E-state index in [0.29, 0.717) is 5.92 Å². The van der Waals surface area contributed by atoms with E-state index in [1.807, 2.05) is 0 Å². The van der Waals surface area contributed by atoms with Crippen LogP contribution in [0.15, 0.2) is 6.07 Å². The zero-order chi connectivity index (χ0) is 10.3. The lowest BCUT2D eigenvalue weighted by Gasteiger charge is -2.16. The molecule has 0 aromatic heterocycles. The van der Waals surface area contributed by atoms with E-state index < -0.39 is 0 Å². The highest BCUT2D eigenvalue weighted by molar-refractivity contribution is 5.52. The predicted octanol–water partition coefficient (Wildman–Crippen LogP) is 3.36. The Hall–Kier alpha value is -0.980. The SMILES string of the molecule is Cc1cc(C)c(C(C)C)c2c1OCC2. The molecule has 0 saturated carbocycles. The van der Waals surface area contributed by atoms with Crippen molar-refractivity contribution in [2.45, 2.75) is 40.0 Å². The van der Waals surface area contributed by atoms with E-state index in [2.05, 4.69) is 33.8 Å². The molecule has 14 heavy (non-hydrogen) atoms. The maximum atomic E-state index is 5.68. The minimum absolute atomic E-state index is 0.603. The number of hydrogen-bond acceptors (Lipinski definition) is 1. The molecule has 1 aromatic rings. The largest absolute Gasteiger partial charge is 0.493 e. The topological polar surface area (TPSA) is 9.23 Å². The van der Waals surface area contributed by atoms with Gasteiger partial charge in [-0.25, -0.2) is 0 Å². The summed E-state index contributed by atoms with van der Waals surface area (Å²) in [5.41, 5.74) is 5.67. The lowest BCUT2D eigenvalue weighted by molar-refractivity contribution is 0.354. The van der Waals surface area contributed by atoms with Crippen molar-refractivity contribution in [1.82, 2.24) is 0 Å². The monoisotopic (exact) mass is 190 g/mol. The van der Waals surface area contributed by atoms with Gasteiger partial charge in [-0.2, -0.15) is 0 Å². The van der Waals surface area contributed by atoms with Gasteiger partial charge in [-0.05, 0) is 36.5 Å². The second kappa shape index (κ2) is 3.30. The lowest BCUT2D eigenvalue weighted by atomic mass is 9.89. The second-order valence-corrected chi connectivity index (χ2v) is 4.48. The summed E-state index contributed by atoms with van der Waals surface area (Å²) in [5.74, 6) is 1.75. The van der Waals surface area contributed by atoms with Gasteiger partial charge in [0.25, 0.3) is 0 Å². The van der Waals surface area contributed by atoms with E-state index in [1.54, 1.807) is 0 Å². The fourth-order valence-electron chi connectivity index (χ4n) is 2.57. The third-order valence-electron chi connectivity index (χ3n) is 2.99. The van der Waals surface area contributed by atoms with Crippen LogP contribution in [0.1, 0.15) is 42.0 Å². The number of fused-ring (bicyclic) bond motifs is 1. The Bertz CT molecular complexity index is 364. The standard InChI is InChI=1S/C13H18O/c1-8(2)12-9(3)7-10(4)13-11(12)5-6-14-13/h7-8H,5-6H2,1-4H3. The summed E-state index contributed by atoms with van der Waals surface area (Å²) in [6.07, 6.45) is 1.09. The fraction of sp³-hybridized carbons (Fsp3) is 0.538. The summed E-state index contributed by atoms with van der Waals surface area (Å²) in [4.78, 5) is 0. The lowest BCUT2D eigenvalue weighted by Crippen LogP contribution is -1.98. The van der Waals surface area contributed by atoms with E-state index in [9.17, 15) is 0 Å². The van der Waals surface area contributed by atoms with Crippen molar-refractivity contribution in [3.05, 3.63) is 28.3 Å². The Labute approximate surface area is 86.1 Å². The first-order valence-electron chi connectivity index (χ1n) is 5.37. The molecule has 1 nitrogen and oxygen atoms in total. The highest BCUT2D eigenvalue weighted by Gasteiger charge is 2.21. The van der Waals surface area contributed by atoms with E-state index >= 15 is 0 Å². The number of ether oxygens (including phenoxy) is 1. The van der Waals surface area contributed by atoms with Gasteiger partial charge >= 0.3 is 0 Å². The molecule has 76 valence electrons. The van der Waals surface area contributed by atoms with Gasteiger partial charge in [-0.3, -0.25) is 0 Å². The minimum Gasteiger partial charge on any atom is -0.493 e. The normalized spacial score (nSPS) is 14.4. The van der Waals surface area contributed by atoms with Crippen molar-refractivity contribution in [3.63, 3.8) is 0 Å². The molecule has 0 N–H and O–H groups in total. The average Bonchev–Trinajstić information content (AvgIpc) is 2.51. The van der Waals surface area contributed by atoms with Crippen LogP contribution in [0.25, 0.3) is 0 Å². The summed E-state index contributed by atoms with van der Waals surface area (Å²) in [6.45, 7) is 9.73. The third kappa shape index (κ3) is 1.31. The van der Waals surface area contributed by atoms with Gasteiger partial charge in [0, 0.05) is 12.0 Å². The predicted molar refractivity (Wildman–Crippen MR) is 59.2 cm³/mol. The molecule has 0 radical (unpaired) electrons. The van der Waals surface area contributed by atoms with Crippen LogP contribution >= 0.6 is 0 Å². The maximum absolute atomic E-state index is 5.68. The Kier molecular flexibility index (Phi) is 2.26. The minimum atomic E-state index is 0.603. The van der Waals surface area contributed by atoms with Gasteiger partial charge in [-0.1, -0.05) is 19.9 Å². The van der Waals surface area contributed by atoms with Crippen LogP contribution in [0.2, 0.25) is 0 Å². The van der Waals surface area contributed by atoms with Crippen LogP contribution < -0.4 is 4.74 Å². The van der Waals surface area contributed by atoms with Gasteiger partial charge in [0.1, 0.15) is 5.75 Å². The van der Waals surface area contributed by atoms with E-state index in [1.165, 1.54) is 22.3 Å². The molecule has 0 saturated heterocycles. The number of benzene rings is 1. The van der Waals surface area contributed by atoms with Gasteiger partial charge in [0.15, 0.2) is 0 Å². The fourth-order valence-corrected chi connectivity index (χ4v) is 2.57. The molecule has 0 amide bonds. The molecule has 1 aliphatic heterocycles. The zero-order valence-electron chi connectivity index (χ0n) is 9.48. The molecule has 0 spiro atoms. The highest BCUT2D eigenvalue weighted by atomic mass is 16.5. The van der Waals surface area contributed by atoms with Gasteiger partial charge in [-0.15, -0.1) is 0 Å². The Morgan fingerprint density at radius 3 is 2.57 bits per heavy atom. The van der Waals surface area contributed by atoms with Crippen LogP contribution in [-0.4, -0.2) is 6.61 Å².